The van der Waals surface area contributed by atoms with Crippen molar-refractivity contribution in [1.82, 2.24) is 5.32 Å². The highest BCUT2D eigenvalue weighted by atomic mass is 35.7. The number of hydrogen-bond donors (Lipinski definition) is 2. The van der Waals surface area contributed by atoms with Crippen molar-refractivity contribution in [3.8, 4) is 0 Å². The Hall–Kier alpha value is 0.0900. The molecule has 2 saturated carbocycles. The molecule has 0 amide bonds. The molecule has 2 aliphatic carbocycles. The number of rotatable bonds is 3. The summed E-state index contributed by atoms with van der Waals surface area (Å²) in [4.78, 5) is 0. The predicted octanol–water partition coefficient (Wildman–Crippen LogP) is 0.924. The van der Waals surface area contributed by atoms with Gasteiger partial charge < -0.3 is 5.32 Å². The third-order valence-corrected chi connectivity index (χ3v) is 4.18. The molecule has 0 unspecified atom stereocenters. The quantitative estimate of drug-likeness (QED) is 0.796. The number of halogens is 1. The molecule has 0 atom stereocenters. The Kier molecular flexibility index (Phi) is 13.6. The van der Waals surface area contributed by atoms with Gasteiger partial charge >= 0.3 is 0 Å². The molecule has 0 spiro atoms. The maximum Gasteiger partial charge on any atom is 0.0777 e. The van der Waals surface area contributed by atoms with Crippen molar-refractivity contribution in [2.24, 2.45) is 0 Å². The Morgan fingerprint density at radius 1 is 0.773 bits per heavy atom. The Morgan fingerprint density at radius 2 is 1.05 bits per heavy atom. The molecule has 0 aliphatic heterocycles. The van der Waals surface area contributed by atoms with Crippen LogP contribution in [0, 0.1) is 10.2 Å². The zero-order valence-corrected chi connectivity index (χ0v) is 14.9. The molecule has 0 heterocycles. The van der Waals surface area contributed by atoms with Crippen LogP contribution in [0.25, 0.3) is 0 Å². The van der Waals surface area contributed by atoms with Gasteiger partial charge in [0.15, 0.2) is 0 Å². The predicted molar refractivity (Wildman–Crippen MR) is 79.7 cm³/mol. The van der Waals surface area contributed by atoms with Crippen molar-refractivity contribution in [1.29, 1.82) is 0 Å². The van der Waals surface area contributed by atoms with E-state index in [0.717, 1.165) is 12.1 Å². The Balaban J connectivity index is 0.000000411. The van der Waals surface area contributed by atoms with E-state index in [-0.39, 0.29) is 0 Å². The molecule has 2 fully saturated rings. The van der Waals surface area contributed by atoms with Crippen LogP contribution >= 0.6 is 0 Å². The first-order chi connectivity index (χ1) is 10.4. The highest BCUT2D eigenvalue weighted by molar-refractivity contribution is 4.79. The van der Waals surface area contributed by atoms with Gasteiger partial charge in [0, 0.05) is 12.1 Å². The molecule has 2 aliphatic rings. The summed E-state index contributed by atoms with van der Waals surface area (Å²) in [6.07, 6.45) is 17.2. The van der Waals surface area contributed by atoms with Crippen molar-refractivity contribution in [3.05, 3.63) is 0 Å². The molecular weight excluding hydrogens is 306 g/mol. The molecular formula is C16H34ClNO4. The maximum absolute atomic E-state index is 8.60. The van der Waals surface area contributed by atoms with E-state index < -0.39 is 10.2 Å². The summed E-state index contributed by atoms with van der Waals surface area (Å²) in [5.74, 6) is 0. The standard InChI is InChI=1S/C12H23N.C4H10.ClHO4/c1-3-7-11(8-4-1)13-12-9-5-2-6-10-12;1-3-4-2;2-1(3,4)5/h11-13H,1-10H2;3-4H2,1-2H3;(H,2,3,4,5). The van der Waals surface area contributed by atoms with Crippen LogP contribution in [0.1, 0.15) is 90.9 Å². The molecule has 0 aromatic heterocycles. The molecule has 0 aromatic carbocycles. The second kappa shape index (κ2) is 13.5. The largest absolute Gasteiger partial charge is 0.311 e. The lowest BCUT2D eigenvalue weighted by molar-refractivity contribution is -1.92. The van der Waals surface area contributed by atoms with E-state index in [0.29, 0.717) is 0 Å². The summed E-state index contributed by atoms with van der Waals surface area (Å²) in [5, 5.41) is 3.86. The fourth-order valence-corrected chi connectivity index (χ4v) is 2.87. The minimum Gasteiger partial charge on any atom is -0.311 e. The molecule has 6 heteroatoms. The summed E-state index contributed by atoms with van der Waals surface area (Å²) in [6, 6.07) is 1.74. The van der Waals surface area contributed by atoms with Gasteiger partial charge in [-0.25, -0.2) is 0 Å². The first-order valence-corrected chi connectivity index (χ1v) is 10.0. The van der Waals surface area contributed by atoms with Crippen molar-refractivity contribution in [3.63, 3.8) is 0 Å². The van der Waals surface area contributed by atoms with Crippen molar-refractivity contribution >= 4 is 0 Å². The van der Waals surface area contributed by atoms with Crippen LogP contribution in [0.4, 0.5) is 0 Å². The summed E-state index contributed by atoms with van der Waals surface area (Å²) < 4.78 is 32.7. The molecule has 0 bridgehead atoms. The highest BCUT2D eigenvalue weighted by Crippen LogP contribution is 2.22. The third kappa shape index (κ3) is 16.5. The molecule has 0 saturated heterocycles. The molecule has 0 aromatic rings. The second-order valence-corrected chi connectivity index (χ2v) is 7.02. The average molecular weight is 340 g/mol. The van der Waals surface area contributed by atoms with E-state index in [1.54, 1.807) is 0 Å². The summed E-state index contributed by atoms with van der Waals surface area (Å²) in [6.45, 7) is 4.36. The van der Waals surface area contributed by atoms with Crippen molar-refractivity contribution < 1.29 is 28.9 Å². The summed E-state index contributed by atoms with van der Waals surface area (Å²) >= 11 is 0. The van der Waals surface area contributed by atoms with Crippen LogP contribution < -0.4 is 19.3 Å². The van der Waals surface area contributed by atoms with Crippen molar-refractivity contribution in [2.45, 2.75) is 103 Å². The van der Waals surface area contributed by atoms with Gasteiger partial charge in [0.25, 0.3) is 0 Å². The highest BCUT2D eigenvalue weighted by Gasteiger charge is 2.19. The van der Waals surface area contributed by atoms with Gasteiger partial charge in [0.05, 0.1) is 14.9 Å². The van der Waals surface area contributed by atoms with Gasteiger partial charge in [-0.2, -0.15) is 14.0 Å². The van der Waals surface area contributed by atoms with Crippen LogP contribution in [0.2, 0.25) is 0 Å². The molecule has 134 valence electrons. The Labute approximate surface area is 137 Å². The number of hydrogen-bond acceptors (Lipinski definition) is 5. The lowest BCUT2D eigenvalue weighted by Gasteiger charge is -2.30. The summed E-state index contributed by atoms with van der Waals surface area (Å²) in [7, 11) is -4.69. The van der Waals surface area contributed by atoms with E-state index in [1.807, 2.05) is 0 Å². The number of unbranched alkanes of at least 4 members (excludes halogenated alkanes) is 1. The monoisotopic (exact) mass is 339 g/mol. The molecule has 2 rings (SSSR count). The molecule has 5 nitrogen and oxygen atoms in total. The minimum atomic E-state index is -4.69. The van der Waals surface area contributed by atoms with Crippen LogP contribution in [0.3, 0.4) is 0 Å². The lowest BCUT2D eigenvalue weighted by atomic mass is 9.91. The van der Waals surface area contributed by atoms with Crippen LogP contribution in [-0.4, -0.2) is 16.7 Å². The van der Waals surface area contributed by atoms with Gasteiger partial charge in [0.1, 0.15) is 0 Å². The Bertz CT molecular complexity index is 213. The fraction of sp³-hybridized carbons (Fsp3) is 1.00. The van der Waals surface area contributed by atoms with Gasteiger partial charge in [-0.15, -0.1) is 0 Å². The van der Waals surface area contributed by atoms with E-state index in [2.05, 4.69) is 19.2 Å². The Morgan fingerprint density at radius 3 is 1.27 bits per heavy atom. The van der Waals surface area contributed by atoms with E-state index >= 15 is 0 Å². The smallest absolute Gasteiger partial charge is 0.0777 e. The zero-order chi connectivity index (χ0) is 16.8. The minimum absolute atomic E-state index is 0.872. The zero-order valence-electron chi connectivity index (χ0n) is 14.2. The topological polar surface area (TPSA) is 101 Å². The number of nitrogens with one attached hydrogen (secondary N) is 1. The van der Waals surface area contributed by atoms with Gasteiger partial charge in [-0.3, -0.25) is 0 Å². The maximum atomic E-state index is 8.60. The lowest BCUT2D eigenvalue weighted by Crippen LogP contribution is -2.58. The van der Waals surface area contributed by atoms with Gasteiger partial charge in [-0.05, 0) is 25.7 Å². The van der Waals surface area contributed by atoms with E-state index in [4.69, 9.17) is 18.6 Å². The first kappa shape index (κ1) is 22.1. The second-order valence-electron chi connectivity index (χ2n) is 6.23. The average Bonchev–Trinajstić information content (AvgIpc) is 2.48. The first-order valence-electron chi connectivity index (χ1n) is 8.76. The normalized spacial score (nSPS) is 20.5. The molecule has 0 radical (unpaired) electrons. The van der Waals surface area contributed by atoms with E-state index in [9.17, 15) is 0 Å². The molecule has 2 N–H and O–H groups in total. The van der Waals surface area contributed by atoms with E-state index in [1.165, 1.54) is 77.0 Å². The SMILES string of the molecule is C1CCC(NC2CCCCC2)CC1.CCCC.[O-][Cl+3]([O-])([O-])O. The summed E-state index contributed by atoms with van der Waals surface area (Å²) in [5.41, 5.74) is 0. The van der Waals surface area contributed by atoms with Gasteiger partial charge in [0.2, 0.25) is 0 Å². The van der Waals surface area contributed by atoms with Crippen LogP contribution in [0.5, 0.6) is 0 Å². The fourth-order valence-electron chi connectivity index (χ4n) is 2.87. The van der Waals surface area contributed by atoms with Crippen LogP contribution in [-0.2, 0) is 0 Å². The van der Waals surface area contributed by atoms with Gasteiger partial charge in [-0.1, -0.05) is 65.2 Å². The van der Waals surface area contributed by atoms with Crippen molar-refractivity contribution in [2.75, 3.05) is 0 Å². The van der Waals surface area contributed by atoms with Crippen LogP contribution in [0.15, 0.2) is 0 Å². The third-order valence-electron chi connectivity index (χ3n) is 4.18. The molecule has 22 heavy (non-hydrogen) atoms.